The van der Waals surface area contributed by atoms with E-state index < -0.39 is 0 Å². The van der Waals surface area contributed by atoms with E-state index in [1.54, 1.807) is 7.11 Å². The highest BCUT2D eigenvalue weighted by atomic mass is 16.5. The zero-order chi connectivity index (χ0) is 12.0. The van der Waals surface area contributed by atoms with Crippen LogP contribution >= 0.6 is 0 Å². The number of fused-ring (bicyclic) bond motifs is 3. The van der Waals surface area contributed by atoms with Crippen LogP contribution in [0.3, 0.4) is 0 Å². The molecule has 2 heterocycles. The number of ether oxygens (including phenoxy) is 1. The fourth-order valence-corrected chi connectivity index (χ4v) is 2.36. The van der Waals surface area contributed by atoms with Crippen LogP contribution in [0.25, 0.3) is 21.9 Å². The van der Waals surface area contributed by atoms with Gasteiger partial charge in [0.05, 0.1) is 18.3 Å². The van der Waals surface area contributed by atoms with Gasteiger partial charge in [-0.2, -0.15) is 0 Å². The normalized spacial score (nSPS) is 11.2. The van der Waals surface area contributed by atoms with Crippen molar-refractivity contribution in [3.63, 3.8) is 0 Å². The molecule has 0 saturated carbocycles. The summed E-state index contributed by atoms with van der Waals surface area (Å²) in [7, 11) is 3.62. The van der Waals surface area contributed by atoms with E-state index in [0.717, 1.165) is 34.0 Å². The van der Waals surface area contributed by atoms with Crippen LogP contribution < -0.4 is 4.74 Å². The molecule has 0 spiro atoms. The molecule has 2 aromatic heterocycles. The second-order valence-corrected chi connectivity index (χ2v) is 4.02. The van der Waals surface area contributed by atoms with E-state index in [9.17, 15) is 4.79 Å². The number of carbonyl (C=O) groups excluding carboxylic acids is 1. The number of para-hydroxylation sites is 1. The third-order valence-corrected chi connectivity index (χ3v) is 3.12. The fourth-order valence-electron chi connectivity index (χ4n) is 2.36. The minimum absolute atomic E-state index is 0.593. The van der Waals surface area contributed by atoms with Gasteiger partial charge >= 0.3 is 0 Å². The molecule has 4 heteroatoms. The highest BCUT2D eigenvalue weighted by Gasteiger charge is 2.14. The largest absolute Gasteiger partial charge is 0.495 e. The van der Waals surface area contributed by atoms with Gasteiger partial charge in [0, 0.05) is 17.8 Å². The zero-order valence-corrected chi connectivity index (χ0v) is 9.65. The van der Waals surface area contributed by atoms with Crippen LogP contribution in [-0.4, -0.2) is 22.9 Å². The van der Waals surface area contributed by atoms with Crippen molar-refractivity contribution in [1.82, 2.24) is 9.55 Å². The maximum absolute atomic E-state index is 10.8. The first kappa shape index (κ1) is 9.96. The quantitative estimate of drug-likeness (QED) is 0.685. The van der Waals surface area contributed by atoms with E-state index in [0.29, 0.717) is 5.69 Å². The maximum Gasteiger partial charge on any atom is 0.166 e. The first-order valence-electron chi connectivity index (χ1n) is 5.35. The molecule has 0 atom stereocenters. The highest BCUT2D eigenvalue weighted by Crippen LogP contribution is 2.33. The van der Waals surface area contributed by atoms with Crippen LogP contribution in [0.4, 0.5) is 0 Å². The topological polar surface area (TPSA) is 47.0 Å². The summed E-state index contributed by atoms with van der Waals surface area (Å²) in [6.45, 7) is 0. The van der Waals surface area contributed by atoms with Crippen LogP contribution in [-0.2, 0) is 7.05 Å². The molecule has 3 rings (SSSR count). The van der Waals surface area contributed by atoms with Gasteiger partial charge in [0.15, 0.2) is 6.29 Å². The van der Waals surface area contributed by atoms with E-state index in [2.05, 4.69) is 4.98 Å². The Morgan fingerprint density at radius 2 is 2.18 bits per heavy atom. The second-order valence-electron chi connectivity index (χ2n) is 4.02. The van der Waals surface area contributed by atoms with Crippen molar-refractivity contribution in [2.45, 2.75) is 0 Å². The van der Waals surface area contributed by atoms with Gasteiger partial charge in [-0.25, -0.2) is 0 Å². The number of hydrogen-bond acceptors (Lipinski definition) is 2. The Hall–Kier alpha value is -2.23. The van der Waals surface area contributed by atoms with E-state index in [4.69, 9.17) is 4.74 Å². The van der Waals surface area contributed by atoms with Crippen LogP contribution in [0, 0.1) is 0 Å². The molecule has 0 aliphatic heterocycles. The van der Waals surface area contributed by atoms with Crippen molar-refractivity contribution in [1.29, 1.82) is 0 Å². The van der Waals surface area contributed by atoms with Gasteiger partial charge in [-0.1, -0.05) is 12.1 Å². The van der Waals surface area contributed by atoms with Gasteiger partial charge in [0.2, 0.25) is 0 Å². The lowest BCUT2D eigenvalue weighted by Crippen LogP contribution is -1.92. The summed E-state index contributed by atoms with van der Waals surface area (Å²) < 4.78 is 7.37. The number of benzene rings is 1. The standard InChI is InChI=1S/C13H12N2O2/c1-15-12-9(4-3-5-11(12)17-2)10-6-8(7-16)14-13(10)15/h3-7,14H,1-2H3. The summed E-state index contributed by atoms with van der Waals surface area (Å²) in [6.07, 6.45) is 0.825. The Morgan fingerprint density at radius 3 is 2.88 bits per heavy atom. The lowest BCUT2D eigenvalue weighted by Gasteiger charge is -2.04. The van der Waals surface area contributed by atoms with Gasteiger partial charge in [0.25, 0.3) is 0 Å². The SMILES string of the molecule is COc1cccc2c3cc(C=O)[nH]c3n(C)c12. The number of H-pyrrole nitrogens is 1. The number of rotatable bonds is 2. The molecule has 17 heavy (non-hydrogen) atoms. The molecule has 1 N–H and O–H groups in total. The summed E-state index contributed by atoms with van der Waals surface area (Å²) in [5, 5.41) is 2.13. The number of carbonyl (C=O) groups is 1. The number of aromatic amines is 1. The Balaban J connectivity index is 2.52. The van der Waals surface area contributed by atoms with Crippen LogP contribution in [0.5, 0.6) is 5.75 Å². The van der Waals surface area contributed by atoms with Gasteiger partial charge in [-0.15, -0.1) is 0 Å². The minimum Gasteiger partial charge on any atom is -0.495 e. The van der Waals surface area contributed by atoms with Crippen LogP contribution in [0.1, 0.15) is 10.5 Å². The van der Waals surface area contributed by atoms with Crippen molar-refractivity contribution in [3.8, 4) is 5.75 Å². The van der Waals surface area contributed by atoms with Crippen molar-refractivity contribution in [2.75, 3.05) is 7.11 Å². The van der Waals surface area contributed by atoms with Gasteiger partial charge < -0.3 is 14.3 Å². The molecule has 3 aromatic rings. The minimum atomic E-state index is 0.593. The fraction of sp³-hybridized carbons (Fsp3) is 0.154. The first-order chi connectivity index (χ1) is 8.26. The van der Waals surface area contributed by atoms with Crippen molar-refractivity contribution in [2.24, 2.45) is 7.05 Å². The van der Waals surface area contributed by atoms with Gasteiger partial charge in [-0.05, 0) is 12.1 Å². The number of nitrogens with one attached hydrogen (secondary N) is 1. The average molecular weight is 228 g/mol. The Labute approximate surface area is 97.8 Å². The van der Waals surface area contributed by atoms with Gasteiger partial charge in [0.1, 0.15) is 11.4 Å². The summed E-state index contributed by atoms with van der Waals surface area (Å²) >= 11 is 0. The molecular weight excluding hydrogens is 216 g/mol. The molecule has 0 amide bonds. The summed E-state index contributed by atoms with van der Waals surface area (Å²) in [4.78, 5) is 13.9. The number of aldehydes is 1. The molecule has 0 unspecified atom stereocenters. The van der Waals surface area contributed by atoms with Crippen LogP contribution in [0.2, 0.25) is 0 Å². The lowest BCUT2D eigenvalue weighted by molar-refractivity contribution is 0.111. The molecule has 0 aliphatic rings. The number of methoxy groups -OCH3 is 1. The highest BCUT2D eigenvalue weighted by molar-refractivity contribution is 6.10. The molecule has 86 valence electrons. The summed E-state index contributed by atoms with van der Waals surface area (Å²) in [6, 6.07) is 7.78. The summed E-state index contributed by atoms with van der Waals surface area (Å²) in [5.74, 6) is 0.835. The smallest absolute Gasteiger partial charge is 0.166 e. The predicted octanol–water partition coefficient (Wildman–Crippen LogP) is 2.48. The number of aryl methyl sites for hydroxylation is 1. The molecule has 0 saturated heterocycles. The molecule has 0 fully saturated rings. The molecule has 0 aliphatic carbocycles. The molecule has 0 bridgehead atoms. The monoisotopic (exact) mass is 228 g/mol. The van der Waals surface area contributed by atoms with Crippen molar-refractivity contribution in [3.05, 3.63) is 30.0 Å². The lowest BCUT2D eigenvalue weighted by atomic mass is 10.2. The average Bonchev–Trinajstić information content (AvgIpc) is 2.89. The van der Waals surface area contributed by atoms with E-state index in [1.165, 1.54) is 0 Å². The van der Waals surface area contributed by atoms with Crippen molar-refractivity contribution >= 4 is 28.2 Å². The third-order valence-electron chi connectivity index (χ3n) is 3.12. The van der Waals surface area contributed by atoms with E-state index in [1.807, 2.05) is 35.9 Å². The zero-order valence-electron chi connectivity index (χ0n) is 9.65. The Morgan fingerprint density at radius 1 is 1.35 bits per heavy atom. The summed E-state index contributed by atoms with van der Waals surface area (Å²) in [5.41, 5.74) is 2.57. The van der Waals surface area contributed by atoms with Crippen LogP contribution in [0.15, 0.2) is 24.3 Å². The van der Waals surface area contributed by atoms with E-state index in [-0.39, 0.29) is 0 Å². The van der Waals surface area contributed by atoms with Crippen molar-refractivity contribution < 1.29 is 9.53 Å². The van der Waals surface area contributed by atoms with Gasteiger partial charge in [-0.3, -0.25) is 4.79 Å². The Bertz CT molecular complexity index is 722. The molecular formula is C13H12N2O2. The predicted molar refractivity (Wildman–Crippen MR) is 66.7 cm³/mol. The molecule has 0 radical (unpaired) electrons. The number of aromatic nitrogens is 2. The first-order valence-corrected chi connectivity index (χ1v) is 5.35. The van der Waals surface area contributed by atoms with E-state index >= 15 is 0 Å². The third kappa shape index (κ3) is 1.21. The Kier molecular flexibility index (Phi) is 1.98. The molecule has 1 aromatic carbocycles. The number of hydrogen-bond donors (Lipinski definition) is 1. The molecule has 4 nitrogen and oxygen atoms in total. The maximum atomic E-state index is 10.8. The second kappa shape index (κ2) is 3.38. The number of nitrogens with zero attached hydrogens (tertiary/aromatic N) is 1.